The van der Waals surface area contributed by atoms with Gasteiger partial charge in [-0.15, -0.1) is 0 Å². The molecule has 2 spiro atoms. The van der Waals surface area contributed by atoms with Gasteiger partial charge >= 0.3 is 0 Å². The van der Waals surface area contributed by atoms with E-state index in [4.69, 9.17) is 9.98 Å². The lowest BCUT2D eigenvalue weighted by molar-refractivity contribution is 0.431. The number of hydrogen-bond donors (Lipinski definition) is 0. The molecule has 2 heteroatoms. The van der Waals surface area contributed by atoms with Crippen molar-refractivity contribution in [2.24, 2.45) is 9.98 Å². The smallest absolute Gasteiger partial charge is 0.0652 e. The molecule has 2 aliphatic carbocycles. The van der Waals surface area contributed by atoms with Crippen LogP contribution in [0, 0.1) is 0 Å². The van der Waals surface area contributed by atoms with E-state index in [0.29, 0.717) is 0 Å². The first-order chi connectivity index (χ1) is 14.2. The standard InChI is InChI=1S/C27H30N2/c1-3-11-22-20(9-1)18-26(13-5-6-14-26)28-24(22)17-25-23-12-4-2-10-21(23)19-27(29-25)15-7-8-16-27/h1-4,9-12H,5-8,13-19H2. The summed E-state index contributed by atoms with van der Waals surface area (Å²) < 4.78 is 0. The van der Waals surface area contributed by atoms with Crippen LogP contribution >= 0.6 is 0 Å². The van der Waals surface area contributed by atoms with Crippen LogP contribution in [0.1, 0.15) is 80.0 Å². The highest BCUT2D eigenvalue weighted by atomic mass is 14.9. The minimum Gasteiger partial charge on any atom is -0.282 e. The Labute approximate surface area is 174 Å². The minimum absolute atomic E-state index is 0.156. The van der Waals surface area contributed by atoms with Gasteiger partial charge in [-0.25, -0.2) is 0 Å². The second-order valence-corrected chi connectivity index (χ2v) is 9.82. The normalized spacial score (nSPS) is 23.6. The number of benzene rings is 2. The topological polar surface area (TPSA) is 24.7 Å². The minimum atomic E-state index is 0.156. The fourth-order valence-corrected chi connectivity index (χ4v) is 6.46. The van der Waals surface area contributed by atoms with Crippen LogP contribution in [-0.4, -0.2) is 22.5 Å². The van der Waals surface area contributed by atoms with Gasteiger partial charge in [0.1, 0.15) is 0 Å². The van der Waals surface area contributed by atoms with Crippen molar-refractivity contribution >= 4 is 11.4 Å². The summed E-state index contributed by atoms with van der Waals surface area (Å²) in [5, 5.41) is 0. The molecule has 0 aromatic heterocycles. The average molecular weight is 383 g/mol. The number of rotatable bonds is 2. The van der Waals surface area contributed by atoms with Gasteiger partial charge < -0.3 is 0 Å². The van der Waals surface area contributed by atoms with Gasteiger partial charge in [0, 0.05) is 17.8 Å². The molecule has 6 rings (SSSR count). The van der Waals surface area contributed by atoms with Crippen molar-refractivity contribution in [2.45, 2.75) is 81.7 Å². The molecule has 2 nitrogen and oxygen atoms in total. The molecule has 29 heavy (non-hydrogen) atoms. The Bertz CT molecular complexity index is 919. The van der Waals surface area contributed by atoms with Crippen molar-refractivity contribution in [1.82, 2.24) is 0 Å². The summed E-state index contributed by atoms with van der Waals surface area (Å²) in [5.74, 6) is 0. The van der Waals surface area contributed by atoms with E-state index in [1.54, 1.807) is 0 Å². The second-order valence-electron chi connectivity index (χ2n) is 9.82. The van der Waals surface area contributed by atoms with E-state index in [1.165, 1.54) is 85.0 Å². The molecule has 2 aromatic carbocycles. The van der Waals surface area contributed by atoms with Gasteiger partial charge in [-0.3, -0.25) is 9.98 Å². The Morgan fingerprint density at radius 2 is 1.00 bits per heavy atom. The molecule has 0 radical (unpaired) electrons. The van der Waals surface area contributed by atoms with Crippen LogP contribution in [-0.2, 0) is 12.8 Å². The average Bonchev–Trinajstić information content (AvgIpc) is 3.38. The van der Waals surface area contributed by atoms with Crippen molar-refractivity contribution in [1.29, 1.82) is 0 Å². The predicted molar refractivity (Wildman–Crippen MR) is 120 cm³/mol. The molecular formula is C27H30N2. The zero-order chi connectivity index (χ0) is 19.3. The van der Waals surface area contributed by atoms with Crippen molar-refractivity contribution in [3.8, 4) is 0 Å². The summed E-state index contributed by atoms with van der Waals surface area (Å²) >= 11 is 0. The van der Waals surface area contributed by atoms with E-state index in [1.807, 2.05) is 0 Å². The van der Waals surface area contributed by atoms with Gasteiger partial charge in [0.2, 0.25) is 0 Å². The number of aliphatic imine (C=N–C) groups is 2. The molecule has 2 aromatic rings. The van der Waals surface area contributed by atoms with Crippen LogP contribution in [0.4, 0.5) is 0 Å². The Morgan fingerprint density at radius 1 is 0.586 bits per heavy atom. The van der Waals surface area contributed by atoms with Crippen molar-refractivity contribution < 1.29 is 0 Å². The molecular weight excluding hydrogens is 352 g/mol. The predicted octanol–water partition coefficient (Wildman–Crippen LogP) is 6.09. The van der Waals surface area contributed by atoms with Crippen molar-refractivity contribution in [2.75, 3.05) is 0 Å². The first kappa shape index (κ1) is 17.6. The van der Waals surface area contributed by atoms with Crippen molar-refractivity contribution in [3.05, 3.63) is 70.8 Å². The first-order valence-corrected chi connectivity index (χ1v) is 11.6. The van der Waals surface area contributed by atoms with Crippen LogP contribution in [0.2, 0.25) is 0 Å². The van der Waals surface area contributed by atoms with Crippen LogP contribution in [0.3, 0.4) is 0 Å². The summed E-state index contributed by atoms with van der Waals surface area (Å²) in [6.07, 6.45) is 13.4. The molecule has 0 amide bonds. The Hall–Kier alpha value is -2.22. The Balaban J connectivity index is 1.44. The van der Waals surface area contributed by atoms with Crippen LogP contribution in [0.5, 0.6) is 0 Å². The summed E-state index contributed by atoms with van der Waals surface area (Å²) in [7, 11) is 0. The molecule has 148 valence electrons. The summed E-state index contributed by atoms with van der Waals surface area (Å²) in [4.78, 5) is 10.9. The zero-order valence-corrected chi connectivity index (χ0v) is 17.3. The van der Waals surface area contributed by atoms with Gasteiger partial charge in [0.15, 0.2) is 0 Å². The molecule has 2 fully saturated rings. The lowest BCUT2D eigenvalue weighted by Crippen LogP contribution is -2.36. The quantitative estimate of drug-likeness (QED) is 0.600. The van der Waals surface area contributed by atoms with Gasteiger partial charge in [-0.2, -0.15) is 0 Å². The van der Waals surface area contributed by atoms with E-state index >= 15 is 0 Å². The van der Waals surface area contributed by atoms with E-state index in [-0.39, 0.29) is 11.1 Å². The van der Waals surface area contributed by atoms with Crippen LogP contribution in [0.15, 0.2) is 58.5 Å². The molecule has 2 aliphatic heterocycles. The highest BCUT2D eigenvalue weighted by Crippen LogP contribution is 2.43. The molecule has 0 atom stereocenters. The number of hydrogen-bond acceptors (Lipinski definition) is 2. The molecule has 4 aliphatic rings. The maximum Gasteiger partial charge on any atom is 0.0652 e. The maximum atomic E-state index is 5.47. The summed E-state index contributed by atoms with van der Waals surface area (Å²) in [6.45, 7) is 0. The van der Waals surface area contributed by atoms with Gasteiger partial charge in [0.05, 0.1) is 11.1 Å². The zero-order valence-electron chi connectivity index (χ0n) is 17.3. The fourth-order valence-electron chi connectivity index (χ4n) is 6.46. The van der Waals surface area contributed by atoms with Crippen molar-refractivity contribution in [3.63, 3.8) is 0 Å². The van der Waals surface area contributed by atoms with Crippen LogP contribution < -0.4 is 0 Å². The molecule has 2 heterocycles. The summed E-state index contributed by atoms with van der Waals surface area (Å²) in [5.41, 5.74) is 8.63. The second kappa shape index (κ2) is 6.65. The lowest BCUT2D eigenvalue weighted by atomic mass is 9.79. The van der Waals surface area contributed by atoms with Crippen LogP contribution in [0.25, 0.3) is 0 Å². The SMILES string of the molecule is c1ccc2c(c1)CC1(CCCC1)N=C2CC1=NC2(CCCC2)Cc2ccccc21. The van der Waals surface area contributed by atoms with E-state index in [9.17, 15) is 0 Å². The lowest BCUT2D eigenvalue weighted by Gasteiger charge is -2.35. The molecule has 2 saturated carbocycles. The van der Waals surface area contributed by atoms with E-state index < -0.39 is 0 Å². The number of fused-ring (bicyclic) bond motifs is 2. The third kappa shape index (κ3) is 2.99. The third-order valence-corrected chi connectivity index (χ3v) is 7.84. The highest BCUT2D eigenvalue weighted by Gasteiger charge is 2.40. The largest absolute Gasteiger partial charge is 0.282 e. The van der Waals surface area contributed by atoms with E-state index in [2.05, 4.69) is 48.5 Å². The Morgan fingerprint density at radius 3 is 1.45 bits per heavy atom. The third-order valence-electron chi connectivity index (χ3n) is 7.84. The number of nitrogens with zero attached hydrogens (tertiary/aromatic N) is 2. The first-order valence-electron chi connectivity index (χ1n) is 11.6. The molecule has 0 saturated heterocycles. The highest BCUT2D eigenvalue weighted by molar-refractivity contribution is 6.19. The van der Waals surface area contributed by atoms with Gasteiger partial charge in [0.25, 0.3) is 0 Å². The molecule has 0 N–H and O–H groups in total. The van der Waals surface area contributed by atoms with Gasteiger partial charge in [-0.05, 0) is 60.8 Å². The molecule has 0 bridgehead atoms. The monoisotopic (exact) mass is 382 g/mol. The van der Waals surface area contributed by atoms with E-state index in [0.717, 1.165) is 19.3 Å². The maximum absolute atomic E-state index is 5.47. The van der Waals surface area contributed by atoms with Gasteiger partial charge in [-0.1, -0.05) is 74.2 Å². The fraction of sp³-hybridized carbons (Fsp3) is 0.481. The summed E-state index contributed by atoms with van der Waals surface area (Å²) in [6, 6.07) is 18.0. The molecule has 0 unspecified atom stereocenters. The Kier molecular flexibility index (Phi) is 4.04.